The number of nitrogens with one attached hydrogen (secondary N) is 1. The highest BCUT2D eigenvalue weighted by atomic mass is 32.2. The van der Waals surface area contributed by atoms with E-state index in [0.29, 0.717) is 11.6 Å². The number of aromatic nitrogens is 3. The smallest absolute Gasteiger partial charge is 0.254 e. The van der Waals surface area contributed by atoms with Gasteiger partial charge in [0, 0.05) is 17.6 Å². The molecule has 1 N–H and O–H groups in total. The second-order valence-electron chi connectivity index (χ2n) is 5.41. The van der Waals surface area contributed by atoms with Gasteiger partial charge in [-0.3, -0.25) is 19.5 Å². The van der Waals surface area contributed by atoms with Crippen LogP contribution in [-0.2, 0) is 22.8 Å². The van der Waals surface area contributed by atoms with Gasteiger partial charge in [-0.2, -0.15) is 11.8 Å². The Morgan fingerprint density at radius 1 is 1.50 bits per heavy atom. The number of hydrogen-bond acceptors (Lipinski definition) is 6. The molecule has 2 aromatic heterocycles. The van der Waals surface area contributed by atoms with Crippen LogP contribution in [0.2, 0.25) is 0 Å². The topological polar surface area (TPSA) is 90.0 Å². The Kier molecular flexibility index (Phi) is 4.02. The summed E-state index contributed by atoms with van der Waals surface area (Å²) in [6.45, 7) is 3.81. The fraction of sp³-hybridized carbons (Fsp3) is 0.429. The molecule has 2 aromatic rings. The molecule has 1 amide bonds. The van der Waals surface area contributed by atoms with E-state index in [9.17, 15) is 9.59 Å². The van der Waals surface area contributed by atoms with Gasteiger partial charge in [-0.25, -0.2) is 4.98 Å². The van der Waals surface area contributed by atoms with E-state index in [2.05, 4.69) is 15.5 Å². The lowest BCUT2D eigenvalue weighted by molar-refractivity contribution is -0.116. The molecule has 22 heavy (non-hydrogen) atoms. The molecule has 0 saturated heterocycles. The molecule has 0 saturated carbocycles. The maximum Gasteiger partial charge on any atom is 0.254 e. The molecule has 0 aromatic carbocycles. The fourth-order valence-corrected chi connectivity index (χ4v) is 3.17. The molecule has 3 heterocycles. The third-order valence-corrected chi connectivity index (χ3v) is 4.38. The number of carbonyl (C=O) groups is 1. The first-order chi connectivity index (χ1) is 10.5. The number of amides is 1. The van der Waals surface area contributed by atoms with E-state index in [1.165, 1.54) is 17.0 Å². The Morgan fingerprint density at radius 2 is 2.32 bits per heavy atom. The van der Waals surface area contributed by atoms with Crippen LogP contribution in [0, 0.1) is 0 Å². The summed E-state index contributed by atoms with van der Waals surface area (Å²) in [5.41, 5.74) is 2.28. The lowest BCUT2D eigenvalue weighted by Gasteiger charge is -2.08. The Morgan fingerprint density at radius 3 is 3.05 bits per heavy atom. The first-order valence-corrected chi connectivity index (χ1v) is 8.11. The van der Waals surface area contributed by atoms with Gasteiger partial charge in [0.2, 0.25) is 11.8 Å². The molecule has 0 unspecified atom stereocenters. The first kappa shape index (κ1) is 14.8. The van der Waals surface area contributed by atoms with Gasteiger partial charge in [-0.15, -0.1) is 0 Å². The number of thioether (sulfide) groups is 1. The molecule has 1 aliphatic heterocycles. The van der Waals surface area contributed by atoms with Crippen LogP contribution in [0.25, 0.3) is 0 Å². The van der Waals surface area contributed by atoms with Gasteiger partial charge in [0.15, 0.2) is 0 Å². The maximum absolute atomic E-state index is 12.1. The summed E-state index contributed by atoms with van der Waals surface area (Å²) in [6.07, 6.45) is 1.40. The molecule has 0 fully saturated rings. The second-order valence-corrected chi connectivity index (χ2v) is 6.40. The number of anilines is 1. The van der Waals surface area contributed by atoms with E-state index in [1.807, 2.05) is 13.8 Å². The maximum atomic E-state index is 12.1. The third-order valence-electron chi connectivity index (χ3n) is 3.41. The number of nitrogens with zero attached hydrogens (tertiary/aromatic N) is 3. The Labute approximate surface area is 131 Å². The van der Waals surface area contributed by atoms with Gasteiger partial charge >= 0.3 is 0 Å². The molecule has 8 heteroatoms. The number of hydrogen-bond donors (Lipinski definition) is 1. The van der Waals surface area contributed by atoms with Crippen LogP contribution in [0.3, 0.4) is 0 Å². The first-order valence-electron chi connectivity index (χ1n) is 6.96. The molecule has 3 rings (SSSR count). The van der Waals surface area contributed by atoms with Crippen LogP contribution >= 0.6 is 11.8 Å². The van der Waals surface area contributed by atoms with E-state index in [0.717, 1.165) is 22.8 Å². The minimum Gasteiger partial charge on any atom is -0.338 e. The van der Waals surface area contributed by atoms with Crippen molar-refractivity contribution in [1.82, 2.24) is 14.7 Å². The van der Waals surface area contributed by atoms with Crippen molar-refractivity contribution in [3.8, 4) is 0 Å². The Hall–Kier alpha value is -2.09. The highest BCUT2D eigenvalue weighted by Crippen LogP contribution is 2.34. The van der Waals surface area contributed by atoms with Gasteiger partial charge in [-0.1, -0.05) is 19.0 Å². The van der Waals surface area contributed by atoms with Gasteiger partial charge in [0.25, 0.3) is 5.56 Å². The average Bonchev–Trinajstić information content (AvgIpc) is 3.06. The zero-order valence-electron chi connectivity index (χ0n) is 12.3. The van der Waals surface area contributed by atoms with Crippen LogP contribution in [0.4, 0.5) is 5.88 Å². The van der Waals surface area contributed by atoms with Crippen molar-refractivity contribution in [1.29, 1.82) is 0 Å². The molecule has 0 spiro atoms. The standard InChI is InChI=1S/C14H16N4O3S/c1-8(2)10-3-13(20)18(7-15-10)4-12(19)16-14-9-5-22-6-11(9)17-21-14/h3,7-8H,4-6H2,1-2H3,(H,16,19). The summed E-state index contributed by atoms with van der Waals surface area (Å²) in [5, 5.41) is 6.58. The van der Waals surface area contributed by atoms with Crippen LogP contribution < -0.4 is 10.9 Å². The van der Waals surface area contributed by atoms with Crippen molar-refractivity contribution in [3.63, 3.8) is 0 Å². The van der Waals surface area contributed by atoms with Crippen LogP contribution in [-0.4, -0.2) is 20.6 Å². The highest BCUT2D eigenvalue weighted by Gasteiger charge is 2.22. The van der Waals surface area contributed by atoms with Gasteiger partial charge in [0.1, 0.15) is 6.54 Å². The van der Waals surface area contributed by atoms with Crippen LogP contribution in [0.1, 0.15) is 36.7 Å². The molecule has 0 aliphatic carbocycles. The largest absolute Gasteiger partial charge is 0.338 e. The molecule has 0 atom stereocenters. The molecule has 116 valence electrons. The average molecular weight is 320 g/mol. The van der Waals surface area contributed by atoms with Crippen molar-refractivity contribution >= 4 is 23.6 Å². The van der Waals surface area contributed by atoms with Crippen molar-refractivity contribution in [2.75, 3.05) is 5.32 Å². The second kappa shape index (κ2) is 5.96. The third kappa shape index (κ3) is 2.92. The summed E-state index contributed by atoms with van der Waals surface area (Å²) in [6, 6.07) is 1.46. The van der Waals surface area contributed by atoms with Crippen molar-refractivity contribution in [3.05, 3.63) is 39.7 Å². The summed E-state index contributed by atoms with van der Waals surface area (Å²) in [7, 11) is 0. The Bertz CT molecular complexity index is 766. The number of rotatable bonds is 4. The SMILES string of the molecule is CC(C)c1cc(=O)n(CC(=O)Nc2onc3c2CSC3)cn1. The summed E-state index contributed by atoms with van der Waals surface area (Å²) >= 11 is 1.72. The molecular weight excluding hydrogens is 304 g/mol. The zero-order valence-corrected chi connectivity index (χ0v) is 13.1. The normalized spacial score (nSPS) is 13.4. The highest BCUT2D eigenvalue weighted by molar-refractivity contribution is 7.98. The van der Waals surface area contributed by atoms with Crippen molar-refractivity contribution in [2.45, 2.75) is 37.8 Å². The van der Waals surface area contributed by atoms with E-state index in [1.54, 1.807) is 11.8 Å². The predicted octanol–water partition coefficient (Wildman–Crippen LogP) is 1.74. The van der Waals surface area contributed by atoms with E-state index >= 15 is 0 Å². The van der Waals surface area contributed by atoms with Gasteiger partial charge < -0.3 is 4.52 Å². The van der Waals surface area contributed by atoms with Crippen molar-refractivity contribution in [2.24, 2.45) is 0 Å². The number of carbonyl (C=O) groups excluding carboxylic acids is 1. The predicted molar refractivity (Wildman–Crippen MR) is 82.7 cm³/mol. The minimum absolute atomic E-state index is 0.104. The molecule has 7 nitrogen and oxygen atoms in total. The Balaban J connectivity index is 1.70. The molecule has 0 bridgehead atoms. The van der Waals surface area contributed by atoms with E-state index in [-0.39, 0.29) is 23.9 Å². The van der Waals surface area contributed by atoms with Crippen LogP contribution in [0.5, 0.6) is 0 Å². The van der Waals surface area contributed by atoms with Crippen LogP contribution in [0.15, 0.2) is 21.7 Å². The molecule has 1 aliphatic rings. The fourth-order valence-electron chi connectivity index (χ4n) is 2.15. The summed E-state index contributed by atoms with van der Waals surface area (Å²) in [4.78, 5) is 28.2. The lowest BCUT2D eigenvalue weighted by atomic mass is 10.1. The van der Waals surface area contributed by atoms with Crippen molar-refractivity contribution < 1.29 is 9.32 Å². The zero-order chi connectivity index (χ0) is 15.7. The summed E-state index contributed by atoms with van der Waals surface area (Å²) < 4.78 is 6.40. The molecular formula is C14H16N4O3S. The quantitative estimate of drug-likeness (QED) is 0.923. The summed E-state index contributed by atoms with van der Waals surface area (Å²) in [5.74, 6) is 1.79. The van der Waals surface area contributed by atoms with Gasteiger partial charge in [0.05, 0.1) is 23.3 Å². The lowest BCUT2D eigenvalue weighted by Crippen LogP contribution is -2.28. The monoisotopic (exact) mass is 320 g/mol. The minimum atomic E-state index is -0.336. The van der Waals surface area contributed by atoms with E-state index in [4.69, 9.17) is 4.52 Å². The van der Waals surface area contributed by atoms with E-state index < -0.39 is 0 Å². The van der Waals surface area contributed by atoms with Gasteiger partial charge in [-0.05, 0) is 5.92 Å². The number of fused-ring (bicyclic) bond motifs is 1. The molecule has 0 radical (unpaired) electrons.